The number of H-pyrrole nitrogens is 1. The fourth-order valence-electron chi connectivity index (χ4n) is 2.46. The topological polar surface area (TPSA) is 123 Å². The van der Waals surface area contributed by atoms with Crippen LogP contribution in [-0.4, -0.2) is 61.5 Å². The average Bonchev–Trinajstić information content (AvgIpc) is 3.30. The molecule has 0 radical (unpaired) electrons. The lowest BCUT2D eigenvalue weighted by molar-refractivity contribution is 0.0851. The van der Waals surface area contributed by atoms with Crippen LogP contribution in [0.3, 0.4) is 0 Å². The van der Waals surface area contributed by atoms with E-state index in [-0.39, 0.29) is 30.5 Å². The molecule has 3 rings (SSSR count). The molecule has 2 N–H and O–H groups in total. The normalized spacial score (nSPS) is 11.2. The molecule has 26 heavy (non-hydrogen) atoms. The zero-order chi connectivity index (χ0) is 18.5. The Morgan fingerprint density at radius 2 is 2.15 bits per heavy atom. The number of rotatable bonds is 9. The van der Waals surface area contributed by atoms with Crippen LogP contribution in [-0.2, 0) is 11.3 Å². The number of aromatic amines is 1. The molecule has 9 heteroatoms. The number of hydrogen-bond donors (Lipinski definition) is 2. The van der Waals surface area contributed by atoms with E-state index in [0.29, 0.717) is 41.9 Å². The van der Waals surface area contributed by atoms with Crippen molar-refractivity contribution in [2.45, 2.75) is 19.9 Å². The van der Waals surface area contributed by atoms with E-state index in [1.54, 1.807) is 19.1 Å². The molecule has 0 aliphatic heterocycles. The first-order valence-corrected chi connectivity index (χ1v) is 8.27. The number of aromatic nitrogens is 5. The van der Waals surface area contributed by atoms with E-state index in [1.165, 1.54) is 17.1 Å². The van der Waals surface area contributed by atoms with Gasteiger partial charge < -0.3 is 14.8 Å². The second-order valence-electron chi connectivity index (χ2n) is 5.65. The molecule has 3 aromatic heterocycles. The Morgan fingerprint density at radius 3 is 2.92 bits per heavy atom. The Balaban J connectivity index is 1.75. The quantitative estimate of drug-likeness (QED) is 0.432. The van der Waals surface area contributed by atoms with Crippen molar-refractivity contribution < 1.29 is 19.4 Å². The van der Waals surface area contributed by atoms with Crippen LogP contribution in [0.5, 0.6) is 0 Å². The minimum atomic E-state index is -0.300. The molecule has 0 atom stereocenters. The SMILES string of the molecule is CCC(=O)c1cc2cc(C(=O)c3cn(CCOCCO)nn3)cnc2[nH]1. The van der Waals surface area contributed by atoms with Gasteiger partial charge in [0.1, 0.15) is 5.65 Å². The summed E-state index contributed by atoms with van der Waals surface area (Å²) in [5, 5.41) is 17.1. The number of ketones is 2. The first-order chi connectivity index (χ1) is 12.6. The van der Waals surface area contributed by atoms with E-state index >= 15 is 0 Å². The van der Waals surface area contributed by atoms with Crippen molar-refractivity contribution in [2.75, 3.05) is 19.8 Å². The third-order valence-electron chi connectivity index (χ3n) is 3.83. The van der Waals surface area contributed by atoms with Gasteiger partial charge in [-0.15, -0.1) is 5.10 Å². The Labute approximate surface area is 149 Å². The number of ether oxygens (including phenoxy) is 1. The van der Waals surface area contributed by atoms with Gasteiger partial charge in [-0.05, 0) is 12.1 Å². The summed E-state index contributed by atoms with van der Waals surface area (Å²) in [6, 6.07) is 3.37. The molecular weight excluding hydrogens is 338 g/mol. The zero-order valence-electron chi connectivity index (χ0n) is 14.3. The highest BCUT2D eigenvalue weighted by Crippen LogP contribution is 2.17. The highest BCUT2D eigenvalue weighted by atomic mass is 16.5. The van der Waals surface area contributed by atoms with Gasteiger partial charge in [0, 0.05) is 23.6 Å². The third kappa shape index (κ3) is 3.84. The molecule has 0 unspecified atom stereocenters. The molecule has 0 aliphatic carbocycles. The standard InChI is InChI=1S/C17H19N5O4/c1-2-15(24)13-8-11-7-12(9-18-17(11)19-13)16(25)14-10-22(21-20-14)3-5-26-6-4-23/h7-10,23H,2-6H2,1H3,(H,18,19). The number of carbonyl (C=O) groups excluding carboxylic acids is 2. The second-order valence-corrected chi connectivity index (χ2v) is 5.65. The zero-order valence-corrected chi connectivity index (χ0v) is 14.3. The van der Waals surface area contributed by atoms with Crippen molar-refractivity contribution in [3.8, 4) is 0 Å². The summed E-state index contributed by atoms with van der Waals surface area (Å²) in [7, 11) is 0. The molecule has 0 aromatic carbocycles. The lowest BCUT2D eigenvalue weighted by Gasteiger charge is -2.01. The second kappa shape index (κ2) is 7.98. The molecule has 0 bridgehead atoms. The van der Waals surface area contributed by atoms with Crippen molar-refractivity contribution in [1.29, 1.82) is 0 Å². The van der Waals surface area contributed by atoms with Gasteiger partial charge in [-0.3, -0.25) is 9.59 Å². The summed E-state index contributed by atoms with van der Waals surface area (Å²) in [5.74, 6) is -0.311. The average molecular weight is 357 g/mol. The van der Waals surface area contributed by atoms with Gasteiger partial charge in [-0.1, -0.05) is 12.1 Å². The maximum atomic E-state index is 12.6. The molecule has 0 fully saturated rings. The van der Waals surface area contributed by atoms with E-state index in [2.05, 4.69) is 20.3 Å². The molecule has 9 nitrogen and oxygen atoms in total. The van der Waals surface area contributed by atoms with Crippen LogP contribution in [0.1, 0.15) is 39.9 Å². The maximum Gasteiger partial charge on any atom is 0.216 e. The molecule has 136 valence electrons. The maximum absolute atomic E-state index is 12.6. The van der Waals surface area contributed by atoms with Gasteiger partial charge in [0.15, 0.2) is 11.5 Å². The smallest absolute Gasteiger partial charge is 0.216 e. The number of aliphatic hydroxyl groups excluding tert-OH is 1. The molecule has 0 spiro atoms. The first-order valence-electron chi connectivity index (χ1n) is 8.27. The number of carbonyl (C=O) groups is 2. The number of hydrogen-bond acceptors (Lipinski definition) is 7. The highest BCUT2D eigenvalue weighted by Gasteiger charge is 2.16. The van der Waals surface area contributed by atoms with Gasteiger partial charge in [-0.25, -0.2) is 9.67 Å². The van der Waals surface area contributed by atoms with Gasteiger partial charge >= 0.3 is 0 Å². The van der Waals surface area contributed by atoms with Crippen LogP contribution in [0.2, 0.25) is 0 Å². The summed E-state index contributed by atoms with van der Waals surface area (Å²) in [6.45, 7) is 2.79. The number of aliphatic hydroxyl groups is 1. The Hall–Kier alpha value is -2.91. The van der Waals surface area contributed by atoms with Crippen LogP contribution in [0.25, 0.3) is 11.0 Å². The van der Waals surface area contributed by atoms with Crippen molar-refractivity contribution >= 4 is 22.6 Å². The number of Topliss-reactive ketones (excluding diaryl/α,β-unsaturated/α-hetero) is 1. The minimum absolute atomic E-state index is 0.0118. The highest BCUT2D eigenvalue weighted by molar-refractivity contribution is 6.09. The minimum Gasteiger partial charge on any atom is -0.394 e. The fraction of sp³-hybridized carbons (Fsp3) is 0.353. The van der Waals surface area contributed by atoms with E-state index in [0.717, 1.165) is 0 Å². The Bertz CT molecular complexity index is 930. The number of pyridine rings is 1. The molecule has 0 saturated carbocycles. The van der Waals surface area contributed by atoms with Gasteiger partial charge in [0.05, 0.1) is 38.3 Å². The van der Waals surface area contributed by atoms with Crippen molar-refractivity contribution in [3.05, 3.63) is 41.5 Å². The monoisotopic (exact) mass is 357 g/mol. The van der Waals surface area contributed by atoms with E-state index in [4.69, 9.17) is 9.84 Å². The van der Waals surface area contributed by atoms with Crippen molar-refractivity contribution in [3.63, 3.8) is 0 Å². The number of nitrogens with one attached hydrogen (secondary N) is 1. The lowest BCUT2D eigenvalue weighted by Crippen LogP contribution is -2.09. The summed E-state index contributed by atoms with van der Waals surface area (Å²) in [4.78, 5) is 31.5. The fourth-order valence-corrected chi connectivity index (χ4v) is 2.46. The Morgan fingerprint density at radius 1 is 1.31 bits per heavy atom. The summed E-state index contributed by atoms with van der Waals surface area (Å²) < 4.78 is 6.66. The third-order valence-corrected chi connectivity index (χ3v) is 3.83. The molecular formula is C17H19N5O4. The van der Waals surface area contributed by atoms with Crippen LogP contribution >= 0.6 is 0 Å². The first kappa shape index (κ1) is 17.9. The van der Waals surface area contributed by atoms with Gasteiger partial charge in [0.25, 0.3) is 0 Å². The lowest BCUT2D eigenvalue weighted by atomic mass is 10.1. The molecule has 0 saturated heterocycles. The van der Waals surface area contributed by atoms with E-state index in [9.17, 15) is 9.59 Å². The van der Waals surface area contributed by atoms with E-state index in [1.807, 2.05) is 0 Å². The van der Waals surface area contributed by atoms with Crippen molar-refractivity contribution in [1.82, 2.24) is 25.0 Å². The van der Waals surface area contributed by atoms with Crippen LogP contribution in [0.4, 0.5) is 0 Å². The van der Waals surface area contributed by atoms with Gasteiger partial charge in [-0.2, -0.15) is 0 Å². The molecule has 3 aromatic rings. The van der Waals surface area contributed by atoms with Crippen LogP contribution < -0.4 is 0 Å². The number of nitrogens with zero attached hydrogens (tertiary/aromatic N) is 4. The summed E-state index contributed by atoms with van der Waals surface area (Å²) in [6.07, 6.45) is 3.38. The molecule has 0 amide bonds. The van der Waals surface area contributed by atoms with Crippen molar-refractivity contribution in [2.24, 2.45) is 0 Å². The predicted octanol–water partition coefficient (Wildman–Crippen LogP) is 0.987. The predicted molar refractivity (Wildman–Crippen MR) is 92.1 cm³/mol. The molecule has 3 heterocycles. The van der Waals surface area contributed by atoms with Crippen LogP contribution in [0.15, 0.2) is 24.5 Å². The van der Waals surface area contributed by atoms with Gasteiger partial charge in [0.2, 0.25) is 5.78 Å². The number of fused-ring (bicyclic) bond motifs is 1. The summed E-state index contributed by atoms with van der Waals surface area (Å²) >= 11 is 0. The van der Waals surface area contributed by atoms with E-state index < -0.39 is 0 Å². The Kier molecular flexibility index (Phi) is 5.49. The largest absolute Gasteiger partial charge is 0.394 e. The molecule has 0 aliphatic rings. The summed E-state index contributed by atoms with van der Waals surface area (Å²) in [5.41, 5.74) is 1.61. The van der Waals surface area contributed by atoms with Crippen LogP contribution in [0, 0.1) is 0 Å².